The Balaban J connectivity index is 2.06. The fourth-order valence-corrected chi connectivity index (χ4v) is 4.59. The first kappa shape index (κ1) is 19.9. The van der Waals surface area contributed by atoms with Crippen LogP contribution >= 0.6 is 0 Å². The molecular formula is C18H29N3O3S. The van der Waals surface area contributed by atoms with Gasteiger partial charge in [0, 0.05) is 38.6 Å². The molecule has 0 bridgehead atoms. The smallest absolute Gasteiger partial charge is 0.243 e. The van der Waals surface area contributed by atoms with Gasteiger partial charge in [0.2, 0.25) is 15.9 Å². The van der Waals surface area contributed by atoms with Crippen LogP contribution < -0.4 is 5.73 Å². The molecule has 1 aromatic rings. The maximum Gasteiger partial charge on any atom is 0.243 e. The first-order valence-corrected chi connectivity index (χ1v) is 10.2. The Hall–Kier alpha value is -1.44. The van der Waals surface area contributed by atoms with Crippen molar-refractivity contribution in [2.24, 2.45) is 11.7 Å². The van der Waals surface area contributed by atoms with E-state index in [9.17, 15) is 13.2 Å². The first-order valence-electron chi connectivity index (χ1n) is 8.72. The van der Waals surface area contributed by atoms with Gasteiger partial charge < -0.3 is 10.6 Å². The van der Waals surface area contributed by atoms with Gasteiger partial charge in [0.1, 0.15) is 0 Å². The van der Waals surface area contributed by atoms with E-state index in [0.29, 0.717) is 37.4 Å². The predicted octanol–water partition coefficient (Wildman–Crippen LogP) is 1.51. The number of aryl methyl sites for hydroxylation is 2. The van der Waals surface area contributed by atoms with Crippen molar-refractivity contribution in [1.29, 1.82) is 0 Å². The largest absolute Gasteiger partial charge is 0.342 e. The molecule has 2 N–H and O–H groups in total. The Morgan fingerprint density at radius 1 is 1.28 bits per heavy atom. The minimum Gasteiger partial charge on any atom is -0.342 e. The topological polar surface area (TPSA) is 83.7 Å². The van der Waals surface area contributed by atoms with Gasteiger partial charge >= 0.3 is 0 Å². The number of carbonyl (C=O) groups excluding carboxylic acids is 1. The molecule has 0 radical (unpaired) electrons. The molecule has 1 saturated heterocycles. The maximum absolute atomic E-state index is 12.8. The molecular weight excluding hydrogens is 338 g/mol. The number of carbonyl (C=O) groups is 1. The van der Waals surface area contributed by atoms with Crippen LogP contribution in [0.2, 0.25) is 0 Å². The lowest BCUT2D eigenvalue weighted by atomic mass is 9.96. The van der Waals surface area contributed by atoms with Crippen molar-refractivity contribution in [2.45, 2.75) is 44.6 Å². The van der Waals surface area contributed by atoms with Gasteiger partial charge in [-0.25, -0.2) is 8.42 Å². The third-order valence-electron chi connectivity index (χ3n) is 5.27. The highest BCUT2D eigenvalue weighted by Gasteiger charge is 2.33. The number of hydrogen-bond donors (Lipinski definition) is 1. The molecule has 140 valence electrons. The molecule has 1 atom stereocenters. The van der Waals surface area contributed by atoms with Gasteiger partial charge in [0.15, 0.2) is 0 Å². The minimum atomic E-state index is -3.50. The van der Waals surface area contributed by atoms with E-state index in [2.05, 4.69) is 0 Å². The van der Waals surface area contributed by atoms with Crippen molar-refractivity contribution in [3.63, 3.8) is 0 Å². The quantitative estimate of drug-likeness (QED) is 0.855. The van der Waals surface area contributed by atoms with E-state index in [0.717, 1.165) is 11.1 Å². The summed E-state index contributed by atoms with van der Waals surface area (Å²) >= 11 is 0. The van der Waals surface area contributed by atoms with Gasteiger partial charge in [-0.3, -0.25) is 4.79 Å². The molecule has 0 saturated carbocycles. The molecule has 1 aliphatic heterocycles. The number of nitrogens with two attached hydrogens (primary N) is 1. The third-order valence-corrected chi connectivity index (χ3v) is 7.16. The van der Waals surface area contributed by atoms with Gasteiger partial charge in [0.05, 0.1) is 4.90 Å². The van der Waals surface area contributed by atoms with Gasteiger partial charge in [-0.15, -0.1) is 0 Å². The Morgan fingerprint density at radius 3 is 2.40 bits per heavy atom. The average molecular weight is 368 g/mol. The average Bonchev–Trinajstić information content (AvgIpc) is 2.62. The van der Waals surface area contributed by atoms with E-state index < -0.39 is 10.0 Å². The van der Waals surface area contributed by atoms with Crippen LogP contribution in [-0.2, 0) is 14.8 Å². The zero-order chi connectivity index (χ0) is 18.8. The van der Waals surface area contributed by atoms with Crippen molar-refractivity contribution in [1.82, 2.24) is 9.21 Å². The van der Waals surface area contributed by atoms with E-state index in [1.165, 1.54) is 4.31 Å². The number of nitrogens with zero attached hydrogens (tertiary/aromatic N) is 2. The fraction of sp³-hybridized carbons (Fsp3) is 0.611. The monoisotopic (exact) mass is 367 g/mol. The Morgan fingerprint density at radius 2 is 1.88 bits per heavy atom. The fourth-order valence-electron chi connectivity index (χ4n) is 3.03. The number of rotatable bonds is 5. The van der Waals surface area contributed by atoms with Crippen LogP contribution in [0.5, 0.6) is 0 Å². The van der Waals surface area contributed by atoms with Crippen LogP contribution in [0.3, 0.4) is 0 Å². The predicted molar refractivity (Wildman–Crippen MR) is 98.7 cm³/mol. The Labute approximate surface area is 151 Å². The summed E-state index contributed by atoms with van der Waals surface area (Å²) in [6.45, 7) is 6.95. The molecule has 1 aromatic carbocycles. The molecule has 0 aliphatic carbocycles. The molecule has 2 rings (SSSR count). The molecule has 1 heterocycles. The van der Waals surface area contributed by atoms with Crippen LogP contribution in [0.25, 0.3) is 0 Å². The Bertz CT molecular complexity index is 725. The molecule has 25 heavy (non-hydrogen) atoms. The summed E-state index contributed by atoms with van der Waals surface area (Å²) in [7, 11) is -1.74. The van der Waals surface area contributed by atoms with Gasteiger partial charge in [-0.2, -0.15) is 4.31 Å². The number of amides is 1. The molecule has 0 aromatic heterocycles. The second-order valence-corrected chi connectivity index (χ2v) is 8.90. The van der Waals surface area contributed by atoms with Gasteiger partial charge in [-0.05, 0) is 56.9 Å². The zero-order valence-corrected chi connectivity index (χ0v) is 16.3. The molecule has 1 aliphatic rings. The molecule has 1 unspecified atom stereocenters. The highest BCUT2D eigenvalue weighted by atomic mass is 32.2. The van der Waals surface area contributed by atoms with Crippen molar-refractivity contribution in [3.05, 3.63) is 29.3 Å². The second-order valence-electron chi connectivity index (χ2n) is 6.96. The number of hydrogen-bond acceptors (Lipinski definition) is 4. The van der Waals surface area contributed by atoms with Crippen LogP contribution in [0, 0.1) is 19.8 Å². The highest BCUT2D eigenvalue weighted by Crippen LogP contribution is 2.26. The summed E-state index contributed by atoms with van der Waals surface area (Å²) in [4.78, 5) is 14.5. The van der Waals surface area contributed by atoms with Crippen LogP contribution in [-0.4, -0.2) is 56.3 Å². The summed E-state index contributed by atoms with van der Waals surface area (Å²) in [5, 5.41) is 0. The lowest BCUT2D eigenvalue weighted by Gasteiger charge is -2.34. The molecule has 7 heteroatoms. The maximum atomic E-state index is 12.8. The number of benzene rings is 1. The first-order chi connectivity index (χ1) is 11.7. The standard InChI is InChI=1S/C18H29N3O3S/c1-13-5-6-17(11-14(13)2)25(23,24)21-9-7-16(8-10-21)18(22)20(4)15(3)12-19/h5-6,11,15-16H,7-10,12,19H2,1-4H3. The van der Waals surface area contributed by atoms with Crippen molar-refractivity contribution in [2.75, 3.05) is 26.7 Å². The zero-order valence-electron chi connectivity index (χ0n) is 15.5. The van der Waals surface area contributed by atoms with Crippen LogP contribution in [0.4, 0.5) is 0 Å². The van der Waals surface area contributed by atoms with E-state index >= 15 is 0 Å². The second kappa shape index (κ2) is 7.85. The van der Waals surface area contributed by atoms with E-state index in [1.807, 2.05) is 26.8 Å². The molecule has 1 amide bonds. The Kier molecular flexibility index (Phi) is 6.24. The SMILES string of the molecule is Cc1ccc(S(=O)(=O)N2CCC(C(=O)N(C)C(C)CN)CC2)cc1C. The highest BCUT2D eigenvalue weighted by molar-refractivity contribution is 7.89. The van der Waals surface area contributed by atoms with E-state index in [4.69, 9.17) is 5.73 Å². The van der Waals surface area contributed by atoms with Crippen molar-refractivity contribution in [3.8, 4) is 0 Å². The van der Waals surface area contributed by atoms with Crippen molar-refractivity contribution >= 4 is 15.9 Å². The number of piperidine rings is 1. The molecule has 1 fully saturated rings. The van der Waals surface area contributed by atoms with Gasteiger partial charge in [0.25, 0.3) is 0 Å². The van der Waals surface area contributed by atoms with E-state index in [-0.39, 0.29) is 17.9 Å². The summed E-state index contributed by atoms with van der Waals surface area (Å²) in [5.74, 6) is -0.0774. The van der Waals surface area contributed by atoms with Crippen molar-refractivity contribution < 1.29 is 13.2 Å². The summed E-state index contributed by atoms with van der Waals surface area (Å²) in [6.07, 6.45) is 1.09. The molecule has 0 spiro atoms. The van der Waals surface area contributed by atoms with E-state index in [1.54, 1.807) is 24.1 Å². The van der Waals surface area contributed by atoms with Crippen LogP contribution in [0.1, 0.15) is 30.9 Å². The molecule has 6 nitrogen and oxygen atoms in total. The lowest BCUT2D eigenvalue weighted by molar-refractivity contribution is -0.137. The summed E-state index contributed by atoms with van der Waals surface area (Å²) < 4.78 is 27.2. The lowest BCUT2D eigenvalue weighted by Crippen LogP contribution is -2.47. The number of likely N-dealkylation sites (N-methyl/N-ethyl adjacent to an activating group) is 1. The number of sulfonamides is 1. The summed E-state index contributed by atoms with van der Waals surface area (Å²) in [5.41, 5.74) is 7.66. The van der Waals surface area contributed by atoms with Crippen LogP contribution in [0.15, 0.2) is 23.1 Å². The minimum absolute atomic E-state index is 0.00945. The summed E-state index contributed by atoms with van der Waals surface area (Å²) in [6, 6.07) is 5.20. The third kappa shape index (κ3) is 4.22. The van der Waals surface area contributed by atoms with Gasteiger partial charge in [-0.1, -0.05) is 6.07 Å². The normalized spacial score (nSPS) is 18.1.